The summed E-state index contributed by atoms with van der Waals surface area (Å²) in [6, 6.07) is -1.19. The third-order valence-corrected chi connectivity index (χ3v) is 1.94. The van der Waals surface area contributed by atoms with Gasteiger partial charge in [-0.25, -0.2) is 9.78 Å². The fourth-order valence-corrected chi connectivity index (χ4v) is 1.10. The minimum absolute atomic E-state index is 0.0788. The number of carboxylic acids is 1. The van der Waals surface area contributed by atoms with Crippen molar-refractivity contribution in [1.29, 1.82) is 0 Å². The molecule has 0 aromatic carbocycles. The minimum atomic E-state index is -1.25. The number of amides is 2. The minimum Gasteiger partial charge on any atom is -0.480 e. The number of aliphatic carboxylic acids is 1. The van der Waals surface area contributed by atoms with Crippen LogP contribution in [0.1, 0.15) is 23.4 Å². The van der Waals surface area contributed by atoms with Gasteiger partial charge in [-0.1, -0.05) is 0 Å². The molecule has 0 aliphatic heterocycles. The molecule has 8 heteroatoms. The fourth-order valence-electron chi connectivity index (χ4n) is 1.10. The van der Waals surface area contributed by atoms with E-state index in [1.54, 1.807) is 0 Å². The number of oxazole rings is 1. The molecule has 0 fully saturated rings. The van der Waals surface area contributed by atoms with Gasteiger partial charge in [0.15, 0.2) is 6.39 Å². The molecule has 1 atom stereocenters. The summed E-state index contributed by atoms with van der Waals surface area (Å²) in [6.07, 6.45) is 1.99. The predicted octanol–water partition coefficient (Wildman–Crippen LogP) is -0.877. The number of hydrogen-bond donors (Lipinski definition) is 3. The van der Waals surface area contributed by atoms with Crippen molar-refractivity contribution >= 4 is 17.8 Å². The first-order valence-corrected chi connectivity index (χ1v) is 4.71. The molecule has 0 bridgehead atoms. The van der Waals surface area contributed by atoms with E-state index in [9.17, 15) is 14.4 Å². The number of hydrogen-bond acceptors (Lipinski definition) is 5. The number of primary amides is 1. The average molecular weight is 241 g/mol. The van der Waals surface area contributed by atoms with Crippen molar-refractivity contribution in [3.8, 4) is 0 Å². The van der Waals surface area contributed by atoms with E-state index in [2.05, 4.69) is 10.3 Å². The van der Waals surface area contributed by atoms with Crippen LogP contribution >= 0.6 is 0 Å². The summed E-state index contributed by atoms with van der Waals surface area (Å²) < 4.78 is 4.69. The molecule has 0 radical (unpaired) electrons. The summed E-state index contributed by atoms with van der Waals surface area (Å²) in [7, 11) is 0. The van der Waals surface area contributed by atoms with Crippen molar-refractivity contribution in [1.82, 2.24) is 10.3 Å². The van der Waals surface area contributed by atoms with Crippen molar-refractivity contribution in [2.24, 2.45) is 5.73 Å². The smallest absolute Gasteiger partial charge is 0.326 e. The second-order valence-electron chi connectivity index (χ2n) is 3.23. The summed E-state index contributed by atoms with van der Waals surface area (Å²) in [6.45, 7) is 0. The van der Waals surface area contributed by atoms with Gasteiger partial charge in [0.05, 0.1) is 6.20 Å². The monoisotopic (exact) mass is 241 g/mol. The first-order chi connectivity index (χ1) is 8.00. The Kier molecular flexibility index (Phi) is 4.21. The topological polar surface area (TPSA) is 136 Å². The summed E-state index contributed by atoms with van der Waals surface area (Å²) in [5.74, 6) is -2.70. The highest BCUT2D eigenvalue weighted by Crippen LogP contribution is 2.01. The summed E-state index contributed by atoms with van der Waals surface area (Å²) in [5.41, 5.74) is 4.89. The summed E-state index contributed by atoms with van der Waals surface area (Å²) >= 11 is 0. The van der Waals surface area contributed by atoms with Crippen LogP contribution in [0.15, 0.2) is 17.0 Å². The largest absolute Gasteiger partial charge is 0.480 e. The van der Waals surface area contributed by atoms with Gasteiger partial charge in [0.25, 0.3) is 5.91 Å². The van der Waals surface area contributed by atoms with Crippen LogP contribution in [0.25, 0.3) is 0 Å². The predicted molar refractivity (Wildman–Crippen MR) is 53.8 cm³/mol. The lowest BCUT2D eigenvalue weighted by molar-refractivity contribution is -0.139. The highest BCUT2D eigenvalue weighted by Gasteiger charge is 2.22. The van der Waals surface area contributed by atoms with Crippen LogP contribution in [-0.4, -0.2) is 33.9 Å². The molecular weight excluding hydrogens is 230 g/mol. The van der Waals surface area contributed by atoms with Crippen LogP contribution < -0.4 is 11.1 Å². The SMILES string of the molecule is NC(=O)CC[C@H](NC(=O)c1cnco1)C(=O)O. The normalized spacial score (nSPS) is 11.8. The van der Waals surface area contributed by atoms with Gasteiger partial charge < -0.3 is 20.6 Å². The molecule has 1 aromatic rings. The van der Waals surface area contributed by atoms with E-state index in [0.29, 0.717) is 0 Å². The Morgan fingerprint density at radius 1 is 1.53 bits per heavy atom. The summed E-state index contributed by atoms with van der Waals surface area (Å²) in [4.78, 5) is 36.3. The number of carboxylic acid groups (broad SMARTS) is 1. The lowest BCUT2D eigenvalue weighted by Gasteiger charge is -2.12. The van der Waals surface area contributed by atoms with Crippen LogP contribution in [0.3, 0.4) is 0 Å². The summed E-state index contributed by atoms with van der Waals surface area (Å²) in [5, 5.41) is 11.0. The Morgan fingerprint density at radius 3 is 2.71 bits per heavy atom. The van der Waals surface area contributed by atoms with Crippen LogP contribution in [-0.2, 0) is 9.59 Å². The molecule has 17 heavy (non-hydrogen) atoms. The van der Waals surface area contributed by atoms with E-state index in [1.807, 2.05) is 0 Å². The molecule has 0 saturated heterocycles. The third-order valence-electron chi connectivity index (χ3n) is 1.94. The molecule has 4 N–H and O–H groups in total. The van der Waals surface area contributed by atoms with E-state index >= 15 is 0 Å². The standard InChI is InChI=1S/C9H11N3O5/c10-7(13)2-1-5(9(15)16)12-8(14)6-3-11-4-17-6/h3-5H,1-2H2,(H2,10,13)(H,12,14)(H,15,16)/t5-/m0/s1. The Balaban J connectivity index is 2.58. The zero-order chi connectivity index (χ0) is 12.8. The van der Waals surface area contributed by atoms with Crippen LogP contribution in [0, 0.1) is 0 Å². The van der Waals surface area contributed by atoms with Gasteiger partial charge in [-0.3, -0.25) is 9.59 Å². The van der Waals surface area contributed by atoms with Gasteiger partial charge >= 0.3 is 5.97 Å². The molecule has 8 nitrogen and oxygen atoms in total. The first-order valence-electron chi connectivity index (χ1n) is 4.71. The van der Waals surface area contributed by atoms with Crippen LogP contribution in [0.4, 0.5) is 0 Å². The molecule has 0 spiro atoms. The molecule has 1 aromatic heterocycles. The van der Waals surface area contributed by atoms with Gasteiger partial charge in [-0.05, 0) is 6.42 Å². The van der Waals surface area contributed by atoms with Crippen molar-refractivity contribution < 1.29 is 23.9 Å². The highest BCUT2D eigenvalue weighted by molar-refractivity contribution is 5.94. The van der Waals surface area contributed by atoms with E-state index in [4.69, 9.17) is 15.3 Å². The lowest BCUT2D eigenvalue weighted by atomic mass is 10.1. The van der Waals surface area contributed by atoms with E-state index in [-0.39, 0.29) is 18.6 Å². The molecule has 0 aliphatic rings. The van der Waals surface area contributed by atoms with Crippen molar-refractivity contribution in [3.63, 3.8) is 0 Å². The number of carbonyl (C=O) groups excluding carboxylic acids is 2. The van der Waals surface area contributed by atoms with Crippen molar-refractivity contribution in [3.05, 3.63) is 18.4 Å². The zero-order valence-corrected chi connectivity index (χ0v) is 8.75. The number of nitrogens with two attached hydrogens (primary N) is 1. The number of aromatic nitrogens is 1. The third kappa shape index (κ3) is 3.93. The number of nitrogens with zero attached hydrogens (tertiary/aromatic N) is 1. The molecular formula is C9H11N3O5. The zero-order valence-electron chi connectivity index (χ0n) is 8.75. The fraction of sp³-hybridized carbons (Fsp3) is 0.333. The molecule has 1 rings (SSSR count). The second kappa shape index (κ2) is 5.64. The van der Waals surface area contributed by atoms with Gasteiger partial charge in [0.1, 0.15) is 6.04 Å². The molecule has 0 aliphatic carbocycles. The van der Waals surface area contributed by atoms with Gasteiger partial charge in [0.2, 0.25) is 11.7 Å². The Morgan fingerprint density at radius 2 is 2.24 bits per heavy atom. The van der Waals surface area contributed by atoms with Gasteiger partial charge in [0, 0.05) is 6.42 Å². The van der Waals surface area contributed by atoms with Crippen LogP contribution in [0.2, 0.25) is 0 Å². The van der Waals surface area contributed by atoms with E-state index < -0.39 is 23.8 Å². The van der Waals surface area contributed by atoms with E-state index in [1.165, 1.54) is 0 Å². The van der Waals surface area contributed by atoms with E-state index in [0.717, 1.165) is 12.6 Å². The number of nitrogens with one attached hydrogen (secondary N) is 1. The molecule has 0 saturated carbocycles. The number of rotatable bonds is 6. The second-order valence-corrected chi connectivity index (χ2v) is 3.23. The maximum absolute atomic E-state index is 11.4. The van der Waals surface area contributed by atoms with Crippen LogP contribution in [0.5, 0.6) is 0 Å². The lowest BCUT2D eigenvalue weighted by Crippen LogP contribution is -2.41. The molecule has 2 amide bonds. The molecule has 92 valence electrons. The quantitative estimate of drug-likeness (QED) is 0.591. The van der Waals surface area contributed by atoms with Crippen molar-refractivity contribution in [2.75, 3.05) is 0 Å². The highest BCUT2D eigenvalue weighted by atomic mass is 16.4. The maximum atomic E-state index is 11.4. The Labute approximate surface area is 95.8 Å². The number of carbonyl (C=O) groups is 3. The Bertz CT molecular complexity index is 414. The van der Waals surface area contributed by atoms with Crippen molar-refractivity contribution in [2.45, 2.75) is 18.9 Å². The molecule has 1 heterocycles. The molecule has 0 unspecified atom stereocenters. The van der Waals surface area contributed by atoms with Gasteiger partial charge in [-0.2, -0.15) is 0 Å². The van der Waals surface area contributed by atoms with Gasteiger partial charge in [-0.15, -0.1) is 0 Å². The average Bonchev–Trinajstić information content (AvgIpc) is 2.76. The first kappa shape index (κ1) is 12.7. The Hall–Kier alpha value is -2.38. The maximum Gasteiger partial charge on any atom is 0.326 e.